The van der Waals surface area contributed by atoms with Gasteiger partial charge >= 0.3 is 0 Å². The number of benzene rings is 1. The predicted molar refractivity (Wildman–Crippen MR) is 75.3 cm³/mol. The monoisotopic (exact) mass is 289 g/mol. The van der Waals surface area contributed by atoms with Gasteiger partial charge in [-0.1, -0.05) is 0 Å². The summed E-state index contributed by atoms with van der Waals surface area (Å²) < 4.78 is 0. The van der Waals surface area contributed by atoms with E-state index in [2.05, 4.69) is 9.97 Å². The lowest BCUT2D eigenvalue weighted by molar-refractivity contribution is -0.384. The zero-order valence-electron chi connectivity index (χ0n) is 9.52. The molecule has 0 atom stereocenters. The van der Waals surface area contributed by atoms with Gasteiger partial charge in [-0.2, -0.15) is 0 Å². The van der Waals surface area contributed by atoms with Crippen LogP contribution in [0.25, 0.3) is 21.1 Å². The summed E-state index contributed by atoms with van der Waals surface area (Å²) in [6.07, 6.45) is 1.77. The van der Waals surface area contributed by atoms with Crippen LogP contribution in [0.15, 0.2) is 41.4 Å². The van der Waals surface area contributed by atoms with E-state index in [-0.39, 0.29) is 5.69 Å². The fraction of sp³-hybridized carbons (Fsp3) is 0. The maximum Gasteiger partial charge on any atom is 0.269 e. The zero-order valence-corrected chi connectivity index (χ0v) is 11.1. The Balaban J connectivity index is 1.92. The van der Waals surface area contributed by atoms with E-state index in [1.54, 1.807) is 23.8 Å². The largest absolute Gasteiger partial charge is 0.269 e. The van der Waals surface area contributed by atoms with Crippen molar-refractivity contribution in [2.24, 2.45) is 0 Å². The quantitative estimate of drug-likeness (QED) is 0.542. The highest BCUT2D eigenvalue weighted by atomic mass is 32.1. The van der Waals surface area contributed by atoms with E-state index < -0.39 is 4.92 Å². The standard InChI is InChI=1S/C12H7N3O2S2/c16-15(17)9-3-1-8(2-4-9)12-13-5-11(19-12)10-6-18-7-14-10/h1-7H. The number of non-ortho nitro benzene ring substituents is 1. The van der Waals surface area contributed by atoms with Gasteiger partial charge in [-0.3, -0.25) is 10.1 Å². The molecule has 94 valence electrons. The zero-order chi connectivity index (χ0) is 13.2. The summed E-state index contributed by atoms with van der Waals surface area (Å²) in [6.45, 7) is 0. The number of nitrogens with zero attached hydrogens (tertiary/aromatic N) is 3. The van der Waals surface area contributed by atoms with Crippen molar-refractivity contribution in [3.63, 3.8) is 0 Å². The van der Waals surface area contributed by atoms with Crippen LogP contribution in [0.4, 0.5) is 5.69 Å². The lowest BCUT2D eigenvalue weighted by Crippen LogP contribution is -1.86. The minimum atomic E-state index is -0.410. The Morgan fingerprint density at radius 2 is 1.95 bits per heavy atom. The van der Waals surface area contributed by atoms with Crippen molar-refractivity contribution in [3.05, 3.63) is 51.5 Å². The van der Waals surface area contributed by atoms with Crippen molar-refractivity contribution in [2.45, 2.75) is 0 Å². The second-order valence-electron chi connectivity index (χ2n) is 3.71. The molecular formula is C12H7N3O2S2. The first kappa shape index (κ1) is 11.9. The lowest BCUT2D eigenvalue weighted by atomic mass is 10.2. The highest BCUT2D eigenvalue weighted by Gasteiger charge is 2.10. The van der Waals surface area contributed by atoms with E-state index in [1.165, 1.54) is 34.8 Å². The number of aromatic nitrogens is 2. The summed E-state index contributed by atoms with van der Waals surface area (Å²) in [6, 6.07) is 6.39. The molecular weight excluding hydrogens is 282 g/mol. The molecule has 3 rings (SSSR count). The first-order chi connectivity index (χ1) is 9.24. The summed E-state index contributed by atoms with van der Waals surface area (Å²) in [5.41, 5.74) is 3.65. The Morgan fingerprint density at radius 1 is 1.16 bits per heavy atom. The molecule has 0 radical (unpaired) electrons. The molecule has 0 aliphatic rings. The normalized spacial score (nSPS) is 10.5. The number of hydrogen-bond donors (Lipinski definition) is 0. The Bertz CT molecular complexity index is 705. The molecule has 0 N–H and O–H groups in total. The van der Waals surface area contributed by atoms with Crippen LogP contribution in [-0.4, -0.2) is 14.9 Å². The number of rotatable bonds is 3. The first-order valence-electron chi connectivity index (χ1n) is 5.33. The third-order valence-corrected chi connectivity index (χ3v) is 4.17. The van der Waals surface area contributed by atoms with Crippen LogP contribution in [0, 0.1) is 10.1 Å². The molecule has 0 unspecified atom stereocenters. The number of nitro groups is 1. The Kier molecular flexibility index (Phi) is 3.06. The second kappa shape index (κ2) is 4.87. The van der Waals surface area contributed by atoms with Crippen LogP contribution in [-0.2, 0) is 0 Å². The minimum absolute atomic E-state index is 0.0834. The molecule has 7 heteroatoms. The van der Waals surface area contributed by atoms with Gasteiger partial charge in [-0.15, -0.1) is 22.7 Å². The molecule has 19 heavy (non-hydrogen) atoms. The van der Waals surface area contributed by atoms with E-state index in [0.29, 0.717) is 0 Å². The van der Waals surface area contributed by atoms with Crippen LogP contribution < -0.4 is 0 Å². The summed E-state index contributed by atoms with van der Waals surface area (Å²) >= 11 is 3.06. The van der Waals surface area contributed by atoms with Crippen molar-refractivity contribution < 1.29 is 4.92 Å². The van der Waals surface area contributed by atoms with Gasteiger partial charge in [-0.05, 0) is 12.1 Å². The molecule has 0 aliphatic heterocycles. The maximum atomic E-state index is 10.6. The topological polar surface area (TPSA) is 68.9 Å². The first-order valence-corrected chi connectivity index (χ1v) is 7.09. The fourth-order valence-corrected chi connectivity index (χ4v) is 3.10. The fourth-order valence-electron chi connectivity index (χ4n) is 1.59. The van der Waals surface area contributed by atoms with Crippen LogP contribution in [0.3, 0.4) is 0 Å². The van der Waals surface area contributed by atoms with Gasteiger partial charge in [0.25, 0.3) is 5.69 Å². The summed E-state index contributed by atoms with van der Waals surface area (Å²) in [4.78, 5) is 19.7. The average molecular weight is 289 g/mol. The molecule has 1 aromatic carbocycles. The third-order valence-electron chi connectivity index (χ3n) is 2.52. The third kappa shape index (κ3) is 2.38. The van der Waals surface area contributed by atoms with E-state index in [4.69, 9.17) is 0 Å². The van der Waals surface area contributed by atoms with Crippen molar-refractivity contribution in [3.8, 4) is 21.1 Å². The van der Waals surface area contributed by atoms with Crippen LogP contribution in [0.1, 0.15) is 0 Å². The molecule has 0 spiro atoms. The van der Waals surface area contributed by atoms with Crippen molar-refractivity contribution in [1.82, 2.24) is 9.97 Å². The summed E-state index contributed by atoms with van der Waals surface area (Å²) in [5, 5.41) is 13.4. The van der Waals surface area contributed by atoms with Gasteiger partial charge in [-0.25, -0.2) is 9.97 Å². The second-order valence-corrected chi connectivity index (χ2v) is 5.46. The lowest BCUT2D eigenvalue weighted by Gasteiger charge is -1.95. The molecule has 0 amide bonds. The number of nitro benzene ring substituents is 1. The molecule has 0 aliphatic carbocycles. The number of hydrogen-bond acceptors (Lipinski definition) is 6. The SMILES string of the molecule is O=[N+]([O-])c1ccc(-c2ncc(-c3cscn3)s2)cc1. The highest BCUT2D eigenvalue weighted by molar-refractivity contribution is 7.18. The van der Waals surface area contributed by atoms with Gasteiger partial charge in [0.15, 0.2) is 0 Å². The smallest absolute Gasteiger partial charge is 0.258 e. The molecule has 2 aromatic heterocycles. The molecule has 3 aromatic rings. The van der Waals surface area contributed by atoms with E-state index in [1.807, 2.05) is 5.38 Å². The maximum absolute atomic E-state index is 10.6. The molecule has 0 saturated carbocycles. The van der Waals surface area contributed by atoms with Gasteiger partial charge in [0.05, 0.1) is 21.0 Å². The van der Waals surface area contributed by atoms with Crippen LogP contribution >= 0.6 is 22.7 Å². The van der Waals surface area contributed by atoms with Gasteiger partial charge < -0.3 is 0 Å². The van der Waals surface area contributed by atoms with E-state index in [0.717, 1.165) is 21.1 Å². The predicted octanol–water partition coefficient (Wildman–Crippen LogP) is 3.84. The van der Waals surface area contributed by atoms with Gasteiger partial charge in [0.1, 0.15) is 5.01 Å². The Labute approximate surface area is 116 Å². The van der Waals surface area contributed by atoms with Gasteiger partial charge in [0, 0.05) is 29.3 Å². The Morgan fingerprint density at radius 3 is 2.58 bits per heavy atom. The van der Waals surface area contributed by atoms with Crippen LogP contribution in [0.2, 0.25) is 0 Å². The van der Waals surface area contributed by atoms with E-state index in [9.17, 15) is 10.1 Å². The Hall–Kier alpha value is -2.12. The molecule has 0 fully saturated rings. The highest BCUT2D eigenvalue weighted by Crippen LogP contribution is 2.32. The van der Waals surface area contributed by atoms with Crippen LogP contribution in [0.5, 0.6) is 0 Å². The van der Waals surface area contributed by atoms with Crippen molar-refractivity contribution in [1.29, 1.82) is 0 Å². The molecule has 0 bridgehead atoms. The number of thiazole rings is 2. The molecule has 5 nitrogen and oxygen atoms in total. The van der Waals surface area contributed by atoms with E-state index >= 15 is 0 Å². The van der Waals surface area contributed by atoms with Crippen molar-refractivity contribution in [2.75, 3.05) is 0 Å². The van der Waals surface area contributed by atoms with Gasteiger partial charge in [0.2, 0.25) is 0 Å². The summed E-state index contributed by atoms with van der Waals surface area (Å²) in [7, 11) is 0. The minimum Gasteiger partial charge on any atom is -0.258 e. The summed E-state index contributed by atoms with van der Waals surface area (Å²) in [5.74, 6) is 0. The average Bonchev–Trinajstić information content (AvgIpc) is 3.10. The molecule has 0 saturated heterocycles. The molecule has 2 heterocycles. The van der Waals surface area contributed by atoms with Crippen molar-refractivity contribution >= 4 is 28.4 Å².